The Bertz CT molecular complexity index is 277. The number of aliphatic hydroxyl groups is 1. The van der Waals surface area contributed by atoms with Crippen LogP contribution in [0.25, 0.3) is 0 Å². The van der Waals surface area contributed by atoms with Gasteiger partial charge in [-0.2, -0.15) is 0 Å². The molecular weight excluding hydrogens is 166 g/mol. The Morgan fingerprint density at radius 3 is 2.31 bits per heavy atom. The Kier molecular flexibility index (Phi) is 4.27. The second-order valence-corrected chi connectivity index (χ2v) is 2.30. The summed E-state index contributed by atoms with van der Waals surface area (Å²) in [5.41, 5.74) is 0.965. The SMILES string of the molecule is OCc1ccccc1.c1c[nH]nn1. The Morgan fingerprint density at radius 1 is 1.23 bits per heavy atom. The minimum absolute atomic E-state index is 0.140. The number of aliphatic hydroxyl groups excluding tert-OH is 1. The van der Waals surface area contributed by atoms with Crippen LogP contribution in [0, 0.1) is 0 Å². The molecule has 0 atom stereocenters. The molecule has 68 valence electrons. The molecule has 0 aliphatic rings. The largest absolute Gasteiger partial charge is 0.392 e. The standard InChI is InChI=1S/C7H8O.C2H3N3/c8-6-7-4-2-1-3-5-7;1-2-4-5-3-1/h1-5,8H,6H2;1-2H,(H,3,4,5). The molecule has 4 heteroatoms. The van der Waals surface area contributed by atoms with E-state index in [4.69, 9.17) is 5.11 Å². The van der Waals surface area contributed by atoms with E-state index in [1.165, 1.54) is 0 Å². The van der Waals surface area contributed by atoms with Gasteiger partial charge in [0.1, 0.15) is 0 Å². The van der Waals surface area contributed by atoms with Gasteiger partial charge in [0.15, 0.2) is 0 Å². The Hall–Kier alpha value is -1.68. The zero-order valence-corrected chi connectivity index (χ0v) is 7.09. The fraction of sp³-hybridized carbons (Fsp3) is 0.111. The molecule has 0 fully saturated rings. The van der Waals surface area contributed by atoms with Gasteiger partial charge in [0, 0.05) is 6.20 Å². The molecule has 0 saturated heterocycles. The molecule has 4 nitrogen and oxygen atoms in total. The van der Waals surface area contributed by atoms with E-state index < -0.39 is 0 Å². The third kappa shape index (κ3) is 4.03. The van der Waals surface area contributed by atoms with E-state index in [2.05, 4.69) is 15.4 Å². The monoisotopic (exact) mass is 177 g/mol. The topological polar surface area (TPSA) is 61.8 Å². The van der Waals surface area contributed by atoms with Crippen molar-refractivity contribution in [2.24, 2.45) is 0 Å². The van der Waals surface area contributed by atoms with Crippen molar-refractivity contribution in [2.45, 2.75) is 6.61 Å². The van der Waals surface area contributed by atoms with Gasteiger partial charge in [-0.15, -0.1) is 5.10 Å². The molecule has 13 heavy (non-hydrogen) atoms. The molecule has 2 aromatic rings. The molecule has 0 amide bonds. The van der Waals surface area contributed by atoms with Gasteiger partial charge >= 0.3 is 0 Å². The van der Waals surface area contributed by atoms with Crippen molar-refractivity contribution in [3.05, 3.63) is 48.3 Å². The third-order valence-corrected chi connectivity index (χ3v) is 1.36. The number of nitrogens with one attached hydrogen (secondary N) is 1. The number of nitrogens with zero attached hydrogens (tertiary/aromatic N) is 2. The lowest BCUT2D eigenvalue weighted by Crippen LogP contribution is -1.77. The van der Waals surface area contributed by atoms with E-state index in [-0.39, 0.29) is 6.61 Å². The van der Waals surface area contributed by atoms with Gasteiger partial charge < -0.3 is 5.11 Å². The number of hydrogen-bond donors (Lipinski definition) is 2. The highest BCUT2D eigenvalue weighted by Gasteiger charge is 1.81. The van der Waals surface area contributed by atoms with E-state index in [0.29, 0.717) is 0 Å². The van der Waals surface area contributed by atoms with Crippen molar-refractivity contribution < 1.29 is 5.11 Å². The van der Waals surface area contributed by atoms with Gasteiger partial charge in [0.05, 0.1) is 12.8 Å². The van der Waals surface area contributed by atoms with Gasteiger partial charge in [-0.1, -0.05) is 35.5 Å². The highest BCUT2D eigenvalue weighted by molar-refractivity contribution is 5.12. The molecule has 0 aliphatic heterocycles. The van der Waals surface area contributed by atoms with Gasteiger partial charge in [-0.3, -0.25) is 5.10 Å². The molecule has 0 bridgehead atoms. The van der Waals surface area contributed by atoms with Crippen LogP contribution in [0.2, 0.25) is 0 Å². The molecule has 1 aromatic carbocycles. The van der Waals surface area contributed by atoms with Crippen LogP contribution in [0.3, 0.4) is 0 Å². The van der Waals surface area contributed by atoms with Crippen molar-refractivity contribution in [3.8, 4) is 0 Å². The average molecular weight is 177 g/mol. The number of benzene rings is 1. The third-order valence-electron chi connectivity index (χ3n) is 1.36. The average Bonchev–Trinajstić information content (AvgIpc) is 2.77. The van der Waals surface area contributed by atoms with E-state index >= 15 is 0 Å². The number of aromatic amines is 1. The minimum Gasteiger partial charge on any atom is -0.392 e. The first kappa shape index (κ1) is 9.41. The van der Waals surface area contributed by atoms with Crippen molar-refractivity contribution >= 4 is 0 Å². The lowest BCUT2D eigenvalue weighted by atomic mass is 10.2. The second kappa shape index (κ2) is 5.91. The molecule has 0 unspecified atom stereocenters. The van der Waals surface area contributed by atoms with Crippen molar-refractivity contribution in [1.82, 2.24) is 15.4 Å². The van der Waals surface area contributed by atoms with E-state index in [9.17, 15) is 0 Å². The van der Waals surface area contributed by atoms with Gasteiger partial charge in [-0.05, 0) is 5.56 Å². The van der Waals surface area contributed by atoms with Crippen LogP contribution < -0.4 is 0 Å². The number of H-pyrrole nitrogens is 1. The summed E-state index contributed by atoms with van der Waals surface area (Å²) in [6.07, 6.45) is 3.24. The summed E-state index contributed by atoms with van der Waals surface area (Å²) in [5, 5.41) is 17.8. The smallest absolute Gasteiger partial charge is 0.0690 e. The molecule has 1 heterocycles. The summed E-state index contributed by atoms with van der Waals surface area (Å²) >= 11 is 0. The van der Waals surface area contributed by atoms with Crippen LogP contribution in [0.1, 0.15) is 5.56 Å². The summed E-state index contributed by atoms with van der Waals surface area (Å²) in [6, 6.07) is 9.52. The maximum atomic E-state index is 8.54. The zero-order valence-electron chi connectivity index (χ0n) is 7.09. The highest BCUT2D eigenvalue weighted by atomic mass is 16.3. The van der Waals surface area contributed by atoms with Gasteiger partial charge in [-0.25, -0.2) is 0 Å². The predicted octanol–water partition coefficient (Wildman–Crippen LogP) is 0.984. The number of aromatic nitrogens is 3. The molecule has 2 rings (SSSR count). The molecule has 2 N–H and O–H groups in total. The molecule has 1 aromatic heterocycles. The van der Waals surface area contributed by atoms with E-state index in [1.54, 1.807) is 12.4 Å². The van der Waals surface area contributed by atoms with Crippen LogP contribution in [0.5, 0.6) is 0 Å². The van der Waals surface area contributed by atoms with Crippen LogP contribution in [-0.4, -0.2) is 20.5 Å². The Labute approximate surface area is 76.2 Å². The van der Waals surface area contributed by atoms with E-state index in [1.807, 2.05) is 30.3 Å². The number of rotatable bonds is 1. The lowest BCUT2D eigenvalue weighted by Gasteiger charge is -1.89. The van der Waals surface area contributed by atoms with Crippen LogP contribution >= 0.6 is 0 Å². The summed E-state index contributed by atoms with van der Waals surface area (Å²) in [4.78, 5) is 0. The molecule has 0 radical (unpaired) electrons. The lowest BCUT2D eigenvalue weighted by molar-refractivity contribution is 0.282. The maximum absolute atomic E-state index is 8.54. The van der Waals surface area contributed by atoms with Crippen molar-refractivity contribution in [1.29, 1.82) is 0 Å². The number of hydrogen-bond acceptors (Lipinski definition) is 3. The van der Waals surface area contributed by atoms with Crippen molar-refractivity contribution in [3.63, 3.8) is 0 Å². The first-order valence-corrected chi connectivity index (χ1v) is 3.88. The van der Waals surface area contributed by atoms with E-state index in [0.717, 1.165) is 5.56 Å². The zero-order chi connectivity index (χ0) is 9.36. The molecule has 0 aliphatic carbocycles. The van der Waals surface area contributed by atoms with Gasteiger partial charge in [0.25, 0.3) is 0 Å². The minimum atomic E-state index is 0.140. The normalized spacial score (nSPS) is 8.69. The van der Waals surface area contributed by atoms with Gasteiger partial charge in [0.2, 0.25) is 0 Å². The molecule has 0 saturated carbocycles. The fourth-order valence-corrected chi connectivity index (χ4v) is 0.750. The quantitative estimate of drug-likeness (QED) is 0.682. The first-order chi connectivity index (χ1) is 6.43. The van der Waals surface area contributed by atoms with Crippen LogP contribution in [-0.2, 0) is 6.61 Å². The Balaban J connectivity index is 0.000000145. The summed E-state index contributed by atoms with van der Waals surface area (Å²) < 4.78 is 0. The first-order valence-electron chi connectivity index (χ1n) is 3.88. The molecule has 0 spiro atoms. The summed E-state index contributed by atoms with van der Waals surface area (Å²) in [5.74, 6) is 0. The predicted molar refractivity (Wildman–Crippen MR) is 48.7 cm³/mol. The van der Waals surface area contributed by atoms with Crippen molar-refractivity contribution in [2.75, 3.05) is 0 Å². The highest BCUT2D eigenvalue weighted by Crippen LogP contribution is 1.95. The summed E-state index contributed by atoms with van der Waals surface area (Å²) in [7, 11) is 0. The fourth-order valence-electron chi connectivity index (χ4n) is 0.750. The summed E-state index contributed by atoms with van der Waals surface area (Å²) in [6.45, 7) is 0.140. The second-order valence-electron chi connectivity index (χ2n) is 2.30. The maximum Gasteiger partial charge on any atom is 0.0690 e. The van der Waals surface area contributed by atoms with Crippen LogP contribution in [0.15, 0.2) is 42.7 Å². The molecular formula is C9H11N3O. The Morgan fingerprint density at radius 2 is 2.00 bits per heavy atom. The van der Waals surface area contributed by atoms with Crippen LogP contribution in [0.4, 0.5) is 0 Å².